The van der Waals surface area contributed by atoms with Gasteiger partial charge in [-0.05, 0) is 44.0 Å². The van der Waals surface area contributed by atoms with Crippen LogP contribution in [-0.4, -0.2) is 53.1 Å². The Bertz CT molecular complexity index is 640. The predicted molar refractivity (Wildman–Crippen MR) is 92.5 cm³/mol. The van der Waals surface area contributed by atoms with Gasteiger partial charge >= 0.3 is 6.09 Å². The van der Waals surface area contributed by atoms with E-state index in [2.05, 4.69) is 0 Å². The first-order chi connectivity index (χ1) is 11.9. The molecule has 3 rings (SSSR count). The monoisotopic (exact) mass is 368 g/mol. The van der Waals surface area contributed by atoms with Gasteiger partial charge < -0.3 is 14.5 Å². The molecule has 2 amide bonds. The van der Waals surface area contributed by atoms with Crippen LogP contribution < -0.4 is 4.74 Å². The van der Waals surface area contributed by atoms with Gasteiger partial charge in [0.05, 0.1) is 12.6 Å². The van der Waals surface area contributed by atoms with E-state index in [0.29, 0.717) is 23.7 Å². The van der Waals surface area contributed by atoms with Crippen LogP contribution in [0.25, 0.3) is 0 Å². The highest BCUT2D eigenvalue weighted by Gasteiger charge is 2.38. The molecule has 3 atom stereocenters. The molecule has 2 saturated heterocycles. The lowest BCUT2D eigenvalue weighted by molar-refractivity contribution is -0.140. The third-order valence-electron chi connectivity index (χ3n) is 4.82. The molecule has 2 aliphatic rings. The summed E-state index contributed by atoms with van der Waals surface area (Å²) < 4.78 is 19.5. The lowest BCUT2D eigenvalue weighted by atomic mass is 9.95. The molecular weight excluding hydrogens is 347 g/mol. The van der Waals surface area contributed by atoms with Crippen LogP contribution in [0.2, 0.25) is 5.02 Å². The minimum absolute atomic E-state index is 0.0145. The van der Waals surface area contributed by atoms with Crippen molar-refractivity contribution in [3.8, 4) is 5.75 Å². The van der Waals surface area contributed by atoms with Crippen molar-refractivity contribution in [1.82, 2.24) is 9.80 Å². The number of rotatable bonds is 2. The molecule has 2 heterocycles. The van der Waals surface area contributed by atoms with Crippen molar-refractivity contribution >= 4 is 23.6 Å². The Morgan fingerprint density at radius 2 is 2.00 bits per heavy atom. The first-order valence-corrected chi connectivity index (χ1v) is 8.99. The molecule has 0 radical (unpaired) electrons. The zero-order valence-electron chi connectivity index (χ0n) is 14.2. The third kappa shape index (κ3) is 4.24. The quantitative estimate of drug-likeness (QED) is 0.800. The van der Waals surface area contributed by atoms with E-state index in [1.54, 1.807) is 29.2 Å². The summed E-state index contributed by atoms with van der Waals surface area (Å²) >= 11 is 5.81. The van der Waals surface area contributed by atoms with Gasteiger partial charge in [-0.2, -0.15) is 0 Å². The molecule has 0 bridgehead atoms. The summed E-state index contributed by atoms with van der Waals surface area (Å²) in [6.07, 6.45) is 0.762. The van der Waals surface area contributed by atoms with Crippen molar-refractivity contribution in [2.45, 2.75) is 50.9 Å². The molecule has 2 aliphatic heterocycles. The second-order valence-corrected chi connectivity index (χ2v) is 7.19. The Kier molecular flexibility index (Phi) is 5.47. The summed E-state index contributed by atoms with van der Waals surface area (Å²) in [6.45, 7) is 2.26. The number of halogens is 2. The van der Waals surface area contributed by atoms with Gasteiger partial charge in [0.25, 0.3) is 0 Å². The lowest BCUT2D eigenvalue weighted by Crippen LogP contribution is -2.58. The Hall–Kier alpha value is -1.82. The molecule has 5 nitrogen and oxygen atoms in total. The molecule has 0 spiro atoms. The topological polar surface area (TPSA) is 49.9 Å². The number of nitrogens with zero attached hydrogens (tertiary/aromatic N) is 2. The summed E-state index contributed by atoms with van der Waals surface area (Å²) in [7, 11) is 0. The Balaban J connectivity index is 1.68. The van der Waals surface area contributed by atoms with E-state index in [0.717, 1.165) is 12.8 Å². The average molecular weight is 369 g/mol. The van der Waals surface area contributed by atoms with Gasteiger partial charge in [0.2, 0.25) is 5.91 Å². The molecule has 3 unspecified atom stereocenters. The van der Waals surface area contributed by atoms with Gasteiger partial charge in [-0.15, -0.1) is 0 Å². The normalized spacial score (nSPS) is 27.3. The molecule has 136 valence electrons. The van der Waals surface area contributed by atoms with E-state index in [-0.39, 0.29) is 31.0 Å². The third-order valence-corrected chi connectivity index (χ3v) is 5.08. The Labute approximate surface area is 151 Å². The number of likely N-dealkylation sites (tertiary alicyclic amines) is 2. The summed E-state index contributed by atoms with van der Waals surface area (Å²) in [5.41, 5.74) is 0. The minimum Gasteiger partial charge on any atom is -0.410 e. The molecule has 25 heavy (non-hydrogen) atoms. The van der Waals surface area contributed by atoms with Crippen molar-refractivity contribution in [1.29, 1.82) is 0 Å². The molecule has 0 aliphatic carbocycles. The number of benzene rings is 1. The number of amides is 2. The molecule has 1 aromatic rings. The van der Waals surface area contributed by atoms with Gasteiger partial charge in [0.15, 0.2) is 0 Å². The number of hydrogen-bond donors (Lipinski definition) is 0. The van der Waals surface area contributed by atoms with E-state index < -0.39 is 12.3 Å². The maximum Gasteiger partial charge on any atom is 0.415 e. The standard InChI is InChI=1S/C18H22ClFN2O3/c1-12-3-2-4-17(23)22(12)15-9-14(20)10-21(11-15)18(24)25-16-7-5-13(19)6-8-16/h5-8,12,14-15H,2-4,9-11H2,1H3. The van der Waals surface area contributed by atoms with E-state index in [9.17, 15) is 14.0 Å². The number of carbonyl (C=O) groups is 2. The van der Waals surface area contributed by atoms with Crippen LogP contribution in [0.4, 0.5) is 9.18 Å². The van der Waals surface area contributed by atoms with Crippen LogP contribution in [0, 0.1) is 0 Å². The van der Waals surface area contributed by atoms with E-state index in [1.165, 1.54) is 4.90 Å². The fraction of sp³-hybridized carbons (Fsp3) is 0.556. The smallest absolute Gasteiger partial charge is 0.410 e. The van der Waals surface area contributed by atoms with E-state index >= 15 is 0 Å². The van der Waals surface area contributed by atoms with Crippen molar-refractivity contribution < 1.29 is 18.7 Å². The fourth-order valence-corrected chi connectivity index (χ4v) is 3.78. The van der Waals surface area contributed by atoms with Crippen molar-refractivity contribution in [2.24, 2.45) is 0 Å². The lowest BCUT2D eigenvalue weighted by Gasteiger charge is -2.44. The number of alkyl halides is 1. The molecule has 0 saturated carbocycles. The molecule has 7 heteroatoms. The van der Waals surface area contributed by atoms with Crippen LogP contribution in [0.5, 0.6) is 5.75 Å². The summed E-state index contributed by atoms with van der Waals surface area (Å²) in [6, 6.07) is 6.19. The molecular formula is C18H22ClFN2O3. The molecule has 1 aromatic carbocycles. The highest BCUT2D eigenvalue weighted by molar-refractivity contribution is 6.30. The zero-order valence-corrected chi connectivity index (χ0v) is 14.9. The fourth-order valence-electron chi connectivity index (χ4n) is 3.66. The summed E-state index contributed by atoms with van der Waals surface area (Å²) in [5, 5.41) is 0.541. The second-order valence-electron chi connectivity index (χ2n) is 6.76. The average Bonchev–Trinajstić information content (AvgIpc) is 2.56. The van der Waals surface area contributed by atoms with Gasteiger partial charge in [0, 0.05) is 30.5 Å². The van der Waals surface area contributed by atoms with Crippen LogP contribution in [0.1, 0.15) is 32.6 Å². The number of carbonyl (C=O) groups excluding carboxylic acids is 2. The number of ether oxygens (including phenoxy) is 1. The Morgan fingerprint density at radius 3 is 2.68 bits per heavy atom. The zero-order chi connectivity index (χ0) is 18.0. The van der Waals surface area contributed by atoms with E-state index in [1.807, 2.05) is 6.92 Å². The SMILES string of the molecule is CC1CCCC(=O)N1C1CC(F)CN(C(=O)Oc2ccc(Cl)cc2)C1. The maximum atomic E-state index is 14.2. The number of hydrogen-bond acceptors (Lipinski definition) is 3. The van der Waals surface area contributed by atoms with Crippen LogP contribution in [0.3, 0.4) is 0 Å². The van der Waals surface area contributed by atoms with Gasteiger partial charge in [-0.25, -0.2) is 9.18 Å². The molecule has 0 N–H and O–H groups in total. The van der Waals surface area contributed by atoms with Gasteiger partial charge in [0.1, 0.15) is 11.9 Å². The second kappa shape index (κ2) is 7.60. The summed E-state index contributed by atoms with van der Waals surface area (Å²) in [5.74, 6) is 0.401. The van der Waals surface area contributed by atoms with Crippen LogP contribution >= 0.6 is 11.6 Å². The largest absolute Gasteiger partial charge is 0.415 e. The molecule has 2 fully saturated rings. The van der Waals surface area contributed by atoms with E-state index in [4.69, 9.17) is 16.3 Å². The van der Waals surface area contributed by atoms with Crippen molar-refractivity contribution in [3.63, 3.8) is 0 Å². The predicted octanol–water partition coefficient (Wildman–Crippen LogP) is 3.65. The highest BCUT2D eigenvalue weighted by Crippen LogP contribution is 2.27. The van der Waals surface area contributed by atoms with Crippen LogP contribution in [0.15, 0.2) is 24.3 Å². The minimum atomic E-state index is -1.17. The number of piperidine rings is 2. The van der Waals surface area contributed by atoms with Gasteiger partial charge in [-0.1, -0.05) is 11.6 Å². The van der Waals surface area contributed by atoms with Crippen molar-refractivity contribution in [2.75, 3.05) is 13.1 Å². The van der Waals surface area contributed by atoms with Gasteiger partial charge in [-0.3, -0.25) is 4.79 Å². The summed E-state index contributed by atoms with van der Waals surface area (Å²) in [4.78, 5) is 27.8. The molecule has 0 aromatic heterocycles. The van der Waals surface area contributed by atoms with Crippen molar-refractivity contribution in [3.05, 3.63) is 29.3 Å². The first kappa shape index (κ1) is 18.0. The first-order valence-electron chi connectivity index (χ1n) is 8.61. The maximum absolute atomic E-state index is 14.2. The Morgan fingerprint density at radius 1 is 1.28 bits per heavy atom. The highest BCUT2D eigenvalue weighted by atomic mass is 35.5. The van der Waals surface area contributed by atoms with Crippen LogP contribution in [-0.2, 0) is 4.79 Å².